The molecule has 0 heterocycles. The number of isocyanates is 1. The second kappa shape index (κ2) is 4.19. The molecule has 4 bridgehead atoms. The highest BCUT2D eigenvalue weighted by atomic mass is 16.1. The molecular formula is C17H25NO. The smallest absolute Gasteiger partial charge is 0.211 e. The summed E-state index contributed by atoms with van der Waals surface area (Å²) in [7, 11) is 0. The van der Waals surface area contributed by atoms with Crippen molar-refractivity contribution in [1.29, 1.82) is 0 Å². The minimum absolute atomic E-state index is 0.0109. The predicted octanol–water partition coefficient (Wildman–Crippen LogP) is 4.24. The molecule has 2 heteroatoms. The lowest BCUT2D eigenvalue weighted by Crippen LogP contribution is -2.58. The Morgan fingerprint density at radius 1 is 0.842 bits per heavy atom. The summed E-state index contributed by atoms with van der Waals surface area (Å²) < 4.78 is 0. The SMILES string of the molecule is O=C=NC1(C23CC4CC(CC(C4)C2)C3)CCCCC1. The van der Waals surface area contributed by atoms with E-state index in [4.69, 9.17) is 0 Å². The van der Waals surface area contributed by atoms with Crippen molar-refractivity contribution in [2.75, 3.05) is 0 Å². The molecule has 0 aromatic rings. The van der Waals surface area contributed by atoms with Gasteiger partial charge in [-0.2, -0.15) is 4.99 Å². The van der Waals surface area contributed by atoms with Crippen LogP contribution in [0.2, 0.25) is 0 Å². The Hall–Kier alpha value is -0.620. The van der Waals surface area contributed by atoms with Crippen LogP contribution in [0.3, 0.4) is 0 Å². The maximum atomic E-state index is 11.1. The molecule has 0 amide bonds. The van der Waals surface area contributed by atoms with Crippen molar-refractivity contribution in [3.05, 3.63) is 0 Å². The van der Waals surface area contributed by atoms with Crippen molar-refractivity contribution in [2.24, 2.45) is 28.2 Å². The highest BCUT2D eigenvalue weighted by molar-refractivity contribution is 5.36. The second-order valence-electron chi connectivity index (χ2n) is 7.99. The van der Waals surface area contributed by atoms with Crippen LogP contribution in [0.1, 0.15) is 70.6 Å². The monoisotopic (exact) mass is 259 g/mol. The van der Waals surface area contributed by atoms with Crippen LogP contribution in [-0.4, -0.2) is 11.6 Å². The van der Waals surface area contributed by atoms with E-state index < -0.39 is 0 Å². The van der Waals surface area contributed by atoms with Gasteiger partial charge in [-0.25, -0.2) is 4.79 Å². The van der Waals surface area contributed by atoms with Crippen molar-refractivity contribution in [3.63, 3.8) is 0 Å². The van der Waals surface area contributed by atoms with Crippen LogP contribution in [0.4, 0.5) is 0 Å². The van der Waals surface area contributed by atoms with Gasteiger partial charge in [0, 0.05) is 0 Å². The number of hydrogen-bond donors (Lipinski definition) is 0. The van der Waals surface area contributed by atoms with Crippen LogP contribution in [0.25, 0.3) is 0 Å². The van der Waals surface area contributed by atoms with E-state index in [-0.39, 0.29) is 5.54 Å². The molecule has 0 N–H and O–H groups in total. The molecule has 0 atom stereocenters. The number of hydrogen-bond acceptors (Lipinski definition) is 2. The fourth-order valence-electron chi connectivity index (χ4n) is 6.67. The molecular weight excluding hydrogens is 234 g/mol. The molecule has 5 saturated carbocycles. The summed E-state index contributed by atoms with van der Waals surface area (Å²) in [6, 6.07) is 0. The first-order valence-corrected chi connectivity index (χ1v) is 8.34. The van der Waals surface area contributed by atoms with E-state index >= 15 is 0 Å². The zero-order valence-corrected chi connectivity index (χ0v) is 11.9. The summed E-state index contributed by atoms with van der Waals surface area (Å²) in [5, 5.41) is 0. The van der Waals surface area contributed by atoms with Gasteiger partial charge in [0.1, 0.15) is 0 Å². The number of rotatable bonds is 2. The van der Waals surface area contributed by atoms with E-state index in [1.54, 1.807) is 0 Å². The molecule has 0 aromatic heterocycles. The first kappa shape index (κ1) is 12.1. The van der Waals surface area contributed by atoms with Gasteiger partial charge in [0.2, 0.25) is 6.08 Å². The van der Waals surface area contributed by atoms with Gasteiger partial charge in [-0.1, -0.05) is 19.3 Å². The minimum Gasteiger partial charge on any atom is -0.211 e. The Bertz CT molecular complexity index is 380. The first-order chi connectivity index (χ1) is 9.25. The first-order valence-electron chi connectivity index (χ1n) is 8.34. The lowest BCUT2D eigenvalue weighted by molar-refractivity contribution is -0.106. The van der Waals surface area contributed by atoms with Crippen LogP contribution in [0.5, 0.6) is 0 Å². The fourth-order valence-corrected chi connectivity index (χ4v) is 6.67. The predicted molar refractivity (Wildman–Crippen MR) is 74.5 cm³/mol. The molecule has 0 aromatic carbocycles. The minimum atomic E-state index is -0.0109. The van der Waals surface area contributed by atoms with E-state index in [0.29, 0.717) is 5.41 Å². The quantitative estimate of drug-likeness (QED) is 0.538. The third-order valence-electron chi connectivity index (χ3n) is 6.97. The number of nitrogens with zero attached hydrogens (tertiary/aromatic N) is 1. The molecule has 2 nitrogen and oxygen atoms in total. The van der Waals surface area contributed by atoms with Gasteiger partial charge in [-0.05, 0) is 74.5 Å². The molecule has 5 fully saturated rings. The summed E-state index contributed by atoms with van der Waals surface area (Å²) in [5.41, 5.74) is 0.378. The second-order valence-corrected chi connectivity index (χ2v) is 7.99. The molecule has 5 aliphatic carbocycles. The zero-order chi connectivity index (χ0) is 12.9. The molecule has 19 heavy (non-hydrogen) atoms. The van der Waals surface area contributed by atoms with Crippen molar-refractivity contribution in [3.8, 4) is 0 Å². The number of aliphatic imine (C=N–C) groups is 1. The Balaban J connectivity index is 1.74. The zero-order valence-electron chi connectivity index (χ0n) is 11.9. The van der Waals surface area contributed by atoms with E-state index in [9.17, 15) is 4.79 Å². The Kier molecular flexibility index (Phi) is 2.68. The fraction of sp³-hybridized carbons (Fsp3) is 0.941. The Labute approximate surface area is 116 Å². The standard InChI is InChI=1S/C17H25NO/c19-12-18-17(4-2-1-3-5-17)16-9-13-6-14(10-16)8-15(7-13)11-16/h13-15H,1-11H2. The van der Waals surface area contributed by atoms with Crippen molar-refractivity contribution >= 4 is 6.08 Å². The van der Waals surface area contributed by atoms with Crippen LogP contribution in [0, 0.1) is 23.2 Å². The molecule has 0 unspecified atom stereocenters. The molecule has 5 aliphatic rings. The molecule has 0 spiro atoms. The maximum absolute atomic E-state index is 11.1. The van der Waals surface area contributed by atoms with E-state index in [0.717, 1.165) is 30.6 Å². The van der Waals surface area contributed by atoms with Gasteiger partial charge in [0.25, 0.3) is 0 Å². The van der Waals surface area contributed by atoms with Gasteiger partial charge >= 0.3 is 0 Å². The van der Waals surface area contributed by atoms with E-state index in [1.165, 1.54) is 57.8 Å². The molecule has 0 radical (unpaired) electrons. The van der Waals surface area contributed by atoms with Crippen molar-refractivity contribution in [1.82, 2.24) is 0 Å². The van der Waals surface area contributed by atoms with Crippen molar-refractivity contribution in [2.45, 2.75) is 76.2 Å². The third-order valence-corrected chi connectivity index (χ3v) is 6.97. The summed E-state index contributed by atoms with van der Waals surface area (Å²) in [4.78, 5) is 15.6. The Morgan fingerprint density at radius 2 is 1.37 bits per heavy atom. The van der Waals surface area contributed by atoms with Gasteiger partial charge in [-0.15, -0.1) is 0 Å². The molecule has 0 aliphatic heterocycles. The Morgan fingerprint density at radius 3 is 1.84 bits per heavy atom. The maximum Gasteiger partial charge on any atom is 0.235 e. The molecule has 0 saturated heterocycles. The van der Waals surface area contributed by atoms with Gasteiger partial charge in [0.15, 0.2) is 0 Å². The summed E-state index contributed by atoms with van der Waals surface area (Å²) in [6.07, 6.45) is 16.7. The van der Waals surface area contributed by atoms with Crippen LogP contribution in [0.15, 0.2) is 4.99 Å². The lowest BCUT2D eigenvalue weighted by Gasteiger charge is -2.63. The average molecular weight is 259 g/mol. The van der Waals surface area contributed by atoms with Gasteiger partial charge in [0.05, 0.1) is 5.54 Å². The normalized spacial score (nSPS) is 46.8. The third kappa shape index (κ3) is 1.69. The highest BCUT2D eigenvalue weighted by Gasteiger charge is 2.60. The van der Waals surface area contributed by atoms with E-state index in [1.807, 2.05) is 6.08 Å². The molecule has 104 valence electrons. The van der Waals surface area contributed by atoms with Gasteiger partial charge in [-0.3, -0.25) is 0 Å². The highest BCUT2D eigenvalue weighted by Crippen LogP contribution is 2.66. The van der Waals surface area contributed by atoms with E-state index in [2.05, 4.69) is 4.99 Å². The number of carbonyl (C=O) groups excluding carboxylic acids is 1. The molecule has 5 rings (SSSR count). The largest absolute Gasteiger partial charge is 0.235 e. The average Bonchev–Trinajstić information content (AvgIpc) is 2.38. The summed E-state index contributed by atoms with van der Waals surface area (Å²) >= 11 is 0. The van der Waals surface area contributed by atoms with Crippen molar-refractivity contribution < 1.29 is 4.79 Å². The van der Waals surface area contributed by atoms with Crippen LogP contribution < -0.4 is 0 Å². The summed E-state index contributed by atoms with van der Waals surface area (Å²) in [5.74, 6) is 2.85. The van der Waals surface area contributed by atoms with Gasteiger partial charge < -0.3 is 0 Å². The summed E-state index contributed by atoms with van der Waals surface area (Å²) in [6.45, 7) is 0. The topological polar surface area (TPSA) is 29.4 Å². The van der Waals surface area contributed by atoms with Crippen LogP contribution >= 0.6 is 0 Å². The van der Waals surface area contributed by atoms with Crippen LogP contribution in [-0.2, 0) is 4.79 Å². The lowest BCUT2D eigenvalue weighted by atomic mass is 9.43.